The molecule has 1 fully saturated rings. The van der Waals surface area contributed by atoms with E-state index in [1.807, 2.05) is 30.3 Å². The predicted octanol–water partition coefficient (Wildman–Crippen LogP) is 2.72. The van der Waals surface area contributed by atoms with Crippen molar-refractivity contribution in [3.8, 4) is 0 Å². The van der Waals surface area contributed by atoms with Crippen molar-refractivity contribution < 1.29 is 9.53 Å². The van der Waals surface area contributed by atoms with Gasteiger partial charge in [0.1, 0.15) is 0 Å². The van der Waals surface area contributed by atoms with Crippen molar-refractivity contribution in [1.82, 2.24) is 5.32 Å². The second-order valence-corrected chi connectivity index (χ2v) is 5.30. The quantitative estimate of drug-likeness (QED) is 0.800. The van der Waals surface area contributed by atoms with Gasteiger partial charge >= 0.3 is 5.97 Å². The van der Waals surface area contributed by atoms with Gasteiger partial charge in [0.2, 0.25) is 0 Å². The van der Waals surface area contributed by atoms with Crippen LogP contribution in [-0.2, 0) is 9.53 Å². The summed E-state index contributed by atoms with van der Waals surface area (Å²) in [4.78, 5) is 11.9. The lowest BCUT2D eigenvalue weighted by molar-refractivity contribution is -0.142. The van der Waals surface area contributed by atoms with Gasteiger partial charge in [-0.1, -0.05) is 43.2 Å². The van der Waals surface area contributed by atoms with Crippen LogP contribution >= 0.6 is 0 Å². The molecule has 1 aliphatic carbocycles. The average molecular weight is 261 g/mol. The molecular weight excluding hydrogens is 238 g/mol. The fourth-order valence-electron chi connectivity index (χ4n) is 2.81. The average Bonchev–Trinajstić information content (AvgIpc) is 2.97. The molecule has 0 aromatic heterocycles. The summed E-state index contributed by atoms with van der Waals surface area (Å²) in [5.74, 6) is 0.423. The molecule has 104 valence electrons. The van der Waals surface area contributed by atoms with Crippen molar-refractivity contribution in [3.05, 3.63) is 35.9 Å². The van der Waals surface area contributed by atoms with E-state index >= 15 is 0 Å². The number of esters is 1. The number of benzene rings is 1. The fraction of sp³-hybridized carbons (Fsp3) is 0.562. The molecule has 3 heteroatoms. The monoisotopic (exact) mass is 261 g/mol. The summed E-state index contributed by atoms with van der Waals surface area (Å²) in [7, 11) is 1.45. The maximum absolute atomic E-state index is 11.9. The Kier molecular flexibility index (Phi) is 5.40. The molecule has 1 atom stereocenters. The van der Waals surface area contributed by atoms with Crippen LogP contribution in [0, 0.1) is 5.92 Å². The summed E-state index contributed by atoms with van der Waals surface area (Å²) in [6.07, 6.45) is 5.35. The standard InChI is InChI=1S/C16H23NO2/c1-19-16(18)15(14-9-3-2-4-10-14)12-17-11-13-7-5-6-8-13/h2-4,9-10,13,15,17H,5-8,11-12H2,1H3. The third kappa shape index (κ3) is 4.06. The molecule has 0 heterocycles. The number of carbonyl (C=O) groups is 1. The molecule has 0 saturated heterocycles. The summed E-state index contributed by atoms with van der Waals surface area (Å²) in [6.45, 7) is 1.67. The molecule has 1 unspecified atom stereocenters. The van der Waals surface area contributed by atoms with Crippen molar-refractivity contribution >= 4 is 5.97 Å². The van der Waals surface area contributed by atoms with Crippen molar-refractivity contribution in [3.63, 3.8) is 0 Å². The maximum Gasteiger partial charge on any atom is 0.314 e. The number of hydrogen-bond acceptors (Lipinski definition) is 3. The minimum atomic E-state index is -0.201. The SMILES string of the molecule is COC(=O)C(CNCC1CCCC1)c1ccccc1. The number of ether oxygens (including phenoxy) is 1. The van der Waals surface area contributed by atoms with Crippen LogP contribution in [0.2, 0.25) is 0 Å². The molecular formula is C16H23NO2. The smallest absolute Gasteiger partial charge is 0.314 e. The summed E-state index contributed by atoms with van der Waals surface area (Å²) in [5.41, 5.74) is 1.02. The van der Waals surface area contributed by atoms with Crippen molar-refractivity contribution in [1.29, 1.82) is 0 Å². The van der Waals surface area contributed by atoms with E-state index in [9.17, 15) is 4.79 Å². The molecule has 1 aliphatic rings. The molecule has 1 aromatic carbocycles. The van der Waals surface area contributed by atoms with Crippen LogP contribution in [0.25, 0.3) is 0 Å². The zero-order valence-corrected chi connectivity index (χ0v) is 11.6. The third-order valence-corrected chi connectivity index (χ3v) is 3.94. The normalized spacial score (nSPS) is 17.3. The Morgan fingerprint density at radius 2 is 2.00 bits per heavy atom. The van der Waals surface area contributed by atoms with Crippen LogP contribution in [0.5, 0.6) is 0 Å². The zero-order chi connectivity index (χ0) is 13.5. The van der Waals surface area contributed by atoms with Gasteiger partial charge in [-0.05, 0) is 30.9 Å². The van der Waals surface area contributed by atoms with E-state index < -0.39 is 0 Å². The predicted molar refractivity (Wildman–Crippen MR) is 76.0 cm³/mol. The van der Waals surface area contributed by atoms with Gasteiger partial charge in [-0.25, -0.2) is 0 Å². The first-order valence-electron chi connectivity index (χ1n) is 7.14. The molecule has 0 spiro atoms. The lowest BCUT2D eigenvalue weighted by Crippen LogP contribution is -2.30. The highest BCUT2D eigenvalue weighted by atomic mass is 16.5. The zero-order valence-electron chi connectivity index (χ0n) is 11.6. The third-order valence-electron chi connectivity index (χ3n) is 3.94. The summed E-state index contributed by atoms with van der Waals surface area (Å²) in [5, 5.41) is 3.44. The molecule has 0 radical (unpaired) electrons. The van der Waals surface area contributed by atoms with Crippen LogP contribution in [-0.4, -0.2) is 26.2 Å². The van der Waals surface area contributed by atoms with Gasteiger partial charge in [0.05, 0.1) is 13.0 Å². The minimum Gasteiger partial charge on any atom is -0.469 e. The number of nitrogens with one attached hydrogen (secondary N) is 1. The highest BCUT2D eigenvalue weighted by Crippen LogP contribution is 2.24. The second kappa shape index (κ2) is 7.29. The Morgan fingerprint density at radius 1 is 1.32 bits per heavy atom. The van der Waals surface area contributed by atoms with Gasteiger partial charge in [-0.2, -0.15) is 0 Å². The van der Waals surface area contributed by atoms with Gasteiger partial charge in [0.15, 0.2) is 0 Å². The Balaban J connectivity index is 1.89. The molecule has 3 nitrogen and oxygen atoms in total. The fourth-order valence-corrected chi connectivity index (χ4v) is 2.81. The van der Waals surface area contributed by atoms with E-state index in [4.69, 9.17) is 4.74 Å². The van der Waals surface area contributed by atoms with Crippen molar-refractivity contribution in [2.24, 2.45) is 5.92 Å². The lowest BCUT2D eigenvalue weighted by atomic mass is 9.99. The molecule has 0 bridgehead atoms. The van der Waals surface area contributed by atoms with Crippen molar-refractivity contribution in [2.75, 3.05) is 20.2 Å². The summed E-state index contributed by atoms with van der Waals surface area (Å²) in [6, 6.07) is 9.85. The Labute approximate surface area is 115 Å². The van der Waals surface area contributed by atoms with Crippen molar-refractivity contribution in [2.45, 2.75) is 31.6 Å². The Hall–Kier alpha value is -1.35. The number of rotatable bonds is 6. The van der Waals surface area contributed by atoms with Crippen LogP contribution < -0.4 is 5.32 Å². The van der Waals surface area contributed by atoms with E-state index in [-0.39, 0.29) is 11.9 Å². The summed E-state index contributed by atoms with van der Waals surface area (Å²) < 4.78 is 4.91. The lowest BCUT2D eigenvalue weighted by Gasteiger charge is -2.17. The van der Waals surface area contributed by atoms with Gasteiger partial charge in [0, 0.05) is 6.54 Å². The molecule has 2 rings (SSSR count). The number of carbonyl (C=O) groups excluding carboxylic acids is 1. The van der Waals surface area contributed by atoms with E-state index in [0.717, 1.165) is 18.0 Å². The molecule has 0 amide bonds. The molecule has 1 aromatic rings. The van der Waals surface area contributed by atoms with Crippen LogP contribution in [0.3, 0.4) is 0 Å². The Bertz CT molecular complexity index is 385. The molecule has 1 N–H and O–H groups in total. The van der Waals surface area contributed by atoms with Crippen LogP contribution in [0.4, 0.5) is 0 Å². The van der Waals surface area contributed by atoms with E-state index in [1.165, 1.54) is 32.8 Å². The highest BCUT2D eigenvalue weighted by molar-refractivity contribution is 5.78. The molecule has 19 heavy (non-hydrogen) atoms. The first-order chi connectivity index (χ1) is 9.31. The molecule has 1 saturated carbocycles. The Morgan fingerprint density at radius 3 is 2.63 bits per heavy atom. The van der Waals surface area contributed by atoms with Gasteiger partial charge in [0.25, 0.3) is 0 Å². The number of hydrogen-bond donors (Lipinski definition) is 1. The molecule has 0 aliphatic heterocycles. The topological polar surface area (TPSA) is 38.3 Å². The van der Waals surface area contributed by atoms with E-state index in [1.54, 1.807) is 0 Å². The maximum atomic E-state index is 11.9. The van der Waals surface area contributed by atoms with E-state index in [2.05, 4.69) is 5.32 Å². The van der Waals surface area contributed by atoms with Crippen LogP contribution in [0.1, 0.15) is 37.2 Å². The largest absolute Gasteiger partial charge is 0.469 e. The van der Waals surface area contributed by atoms with Crippen LogP contribution in [0.15, 0.2) is 30.3 Å². The van der Waals surface area contributed by atoms with Gasteiger partial charge in [-0.15, -0.1) is 0 Å². The first kappa shape index (κ1) is 14.1. The minimum absolute atomic E-state index is 0.162. The number of methoxy groups -OCH3 is 1. The highest BCUT2D eigenvalue weighted by Gasteiger charge is 2.22. The van der Waals surface area contributed by atoms with Gasteiger partial charge < -0.3 is 10.1 Å². The van der Waals surface area contributed by atoms with Gasteiger partial charge in [-0.3, -0.25) is 4.79 Å². The second-order valence-electron chi connectivity index (χ2n) is 5.30. The first-order valence-corrected chi connectivity index (χ1v) is 7.14. The van der Waals surface area contributed by atoms with E-state index in [0.29, 0.717) is 6.54 Å². The summed E-state index contributed by atoms with van der Waals surface area (Å²) >= 11 is 0.